The number of hydrogen-bond acceptors (Lipinski definition) is 3. The van der Waals surface area contributed by atoms with Crippen LogP contribution >= 0.6 is 0 Å². The smallest absolute Gasteiger partial charge is 0.235 e. The van der Waals surface area contributed by atoms with Crippen LogP contribution in [0.3, 0.4) is 0 Å². The Balaban J connectivity index is 2.10. The van der Waals surface area contributed by atoms with E-state index in [1.807, 2.05) is 37.3 Å². The molecule has 0 spiro atoms. The van der Waals surface area contributed by atoms with Crippen LogP contribution in [0.15, 0.2) is 54.6 Å². The van der Waals surface area contributed by atoms with E-state index in [-0.39, 0.29) is 24.7 Å². The van der Waals surface area contributed by atoms with Gasteiger partial charge in [-0.1, -0.05) is 55.5 Å². The lowest BCUT2D eigenvalue weighted by Crippen LogP contribution is -2.41. The lowest BCUT2D eigenvalue weighted by atomic mass is 10.0. The maximum absolute atomic E-state index is 13.8. The molecule has 0 heterocycles. The first-order valence-corrected chi connectivity index (χ1v) is 10.2. The van der Waals surface area contributed by atoms with E-state index >= 15 is 0 Å². The van der Waals surface area contributed by atoms with E-state index in [1.54, 1.807) is 6.07 Å². The molecule has 0 radical (unpaired) electrons. The number of rotatable bonds is 8. The molecule has 0 aliphatic carbocycles. The monoisotopic (exact) mass is 378 g/mol. The molecule has 2 aromatic rings. The third-order valence-corrected chi connectivity index (χ3v) is 5.24. The lowest BCUT2D eigenvalue weighted by molar-refractivity contribution is -0.122. The zero-order valence-corrected chi connectivity index (χ0v) is 15.7. The zero-order valence-electron chi connectivity index (χ0n) is 14.9. The molecular formula is C19H23FN2O3S. The van der Waals surface area contributed by atoms with Crippen LogP contribution in [0.1, 0.15) is 30.5 Å². The van der Waals surface area contributed by atoms with Gasteiger partial charge >= 0.3 is 0 Å². The number of nitrogens with zero attached hydrogens (tertiary/aromatic N) is 1. The van der Waals surface area contributed by atoms with Gasteiger partial charge in [-0.2, -0.15) is 4.31 Å². The van der Waals surface area contributed by atoms with Gasteiger partial charge in [0.05, 0.1) is 18.8 Å². The highest BCUT2D eigenvalue weighted by atomic mass is 32.2. The maximum Gasteiger partial charge on any atom is 0.235 e. The first-order chi connectivity index (χ1) is 12.3. The Morgan fingerprint density at radius 1 is 1.12 bits per heavy atom. The molecule has 0 fully saturated rings. The highest BCUT2D eigenvalue weighted by molar-refractivity contribution is 7.88. The van der Waals surface area contributed by atoms with Crippen LogP contribution in [0.25, 0.3) is 0 Å². The average Bonchev–Trinajstić information content (AvgIpc) is 2.61. The van der Waals surface area contributed by atoms with E-state index in [1.165, 1.54) is 18.2 Å². The second-order valence-corrected chi connectivity index (χ2v) is 8.04. The molecule has 0 aromatic heterocycles. The van der Waals surface area contributed by atoms with Crippen molar-refractivity contribution in [3.8, 4) is 0 Å². The molecule has 7 heteroatoms. The number of hydrogen-bond donors (Lipinski definition) is 1. The van der Waals surface area contributed by atoms with E-state index in [0.29, 0.717) is 6.42 Å². The normalized spacial score (nSPS) is 12.8. The third kappa shape index (κ3) is 5.64. The first-order valence-electron chi connectivity index (χ1n) is 8.34. The Morgan fingerprint density at radius 3 is 2.31 bits per heavy atom. The van der Waals surface area contributed by atoms with E-state index in [4.69, 9.17) is 0 Å². The summed E-state index contributed by atoms with van der Waals surface area (Å²) in [6.07, 6.45) is 1.68. The Labute approximate surface area is 153 Å². The van der Waals surface area contributed by atoms with Gasteiger partial charge in [-0.25, -0.2) is 12.8 Å². The molecule has 1 N–H and O–H groups in total. The molecule has 2 rings (SSSR count). The summed E-state index contributed by atoms with van der Waals surface area (Å²) in [5.41, 5.74) is 1.17. The van der Waals surface area contributed by atoms with Gasteiger partial charge in [-0.05, 0) is 18.1 Å². The van der Waals surface area contributed by atoms with Gasteiger partial charge in [-0.3, -0.25) is 4.79 Å². The van der Waals surface area contributed by atoms with Crippen LogP contribution in [-0.2, 0) is 21.4 Å². The molecule has 26 heavy (non-hydrogen) atoms. The van der Waals surface area contributed by atoms with Gasteiger partial charge in [0.25, 0.3) is 0 Å². The molecule has 2 aromatic carbocycles. The van der Waals surface area contributed by atoms with Gasteiger partial charge < -0.3 is 5.32 Å². The van der Waals surface area contributed by atoms with Crippen LogP contribution in [0.2, 0.25) is 0 Å². The summed E-state index contributed by atoms with van der Waals surface area (Å²) in [6.45, 7) is 1.38. The molecule has 140 valence electrons. The second kappa shape index (κ2) is 8.91. The number of benzene rings is 2. The Morgan fingerprint density at radius 2 is 1.73 bits per heavy atom. The number of sulfonamides is 1. The minimum absolute atomic E-state index is 0.193. The van der Waals surface area contributed by atoms with Crippen molar-refractivity contribution < 1.29 is 17.6 Å². The van der Waals surface area contributed by atoms with Crippen LogP contribution in [0.5, 0.6) is 0 Å². The van der Waals surface area contributed by atoms with Crippen LogP contribution in [-0.4, -0.2) is 31.4 Å². The van der Waals surface area contributed by atoms with Crippen molar-refractivity contribution >= 4 is 15.9 Å². The Kier molecular flexibility index (Phi) is 6.88. The van der Waals surface area contributed by atoms with Crippen molar-refractivity contribution in [2.75, 3.05) is 12.8 Å². The molecule has 1 amide bonds. The van der Waals surface area contributed by atoms with E-state index < -0.39 is 21.7 Å². The summed E-state index contributed by atoms with van der Waals surface area (Å²) in [5, 5.41) is 2.85. The molecule has 0 saturated carbocycles. The SMILES string of the molecule is CC[C@@H](NC(=O)CN(Cc1ccccc1F)S(C)(=O)=O)c1ccccc1. The minimum Gasteiger partial charge on any atom is -0.348 e. The summed E-state index contributed by atoms with van der Waals surface area (Å²) >= 11 is 0. The number of carbonyl (C=O) groups is 1. The van der Waals surface area contributed by atoms with Crippen LogP contribution in [0, 0.1) is 5.82 Å². The third-order valence-electron chi connectivity index (χ3n) is 4.04. The Hall–Kier alpha value is -2.25. The van der Waals surface area contributed by atoms with Gasteiger partial charge in [0.1, 0.15) is 5.82 Å². The fraction of sp³-hybridized carbons (Fsp3) is 0.316. The molecule has 0 aliphatic heterocycles. The van der Waals surface area contributed by atoms with Crippen molar-refractivity contribution in [2.45, 2.75) is 25.9 Å². The van der Waals surface area contributed by atoms with E-state index in [0.717, 1.165) is 16.1 Å². The van der Waals surface area contributed by atoms with Crippen molar-refractivity contribution in [1.82, 2.24) is 9.62 Å². The topological polar surface area (TPSA) is 66.5 Å². The molecule has 0 bridgehead atoms. The highest BCUT2D eigenvalue weighted by Crippen LogP contribution is 2.16. The second-order valence-electron chi connectivity index (χ2n) is 6.06. The summed E-state index contributed by atoms with van der Waals surface area (Å²) in [6, 6.07) is 15.2. The molecule has 0 aliphatic rings. The summed E-state index contributed by atoms with van der Waals surface area (Å²) in [4.78, 5) is 12.4. The standard InChI is InChI=1S/C19H23FN2O3S/c1-3-18(15-9-5-4-6-10-15)21-19(23)14-22(26(2,24)25)13-16-11-7-8-12-17(16)20/h4-12,18H,3,13-14H2,1-2H3,(H,21,23)/t18-/m1/s1. The maximum atomic E-state index is 13.8. The number of halogens is 1. The molecule has 5 nitrogen and oxygen atoms in total. The summed E-state index contributed by atoms with van der Waals surface area (Å²) in [5.74, 6) is -0.931. The molecular weight excluding hydrogens is 355 g/mol. The van der Waals surface area contributed by atoms with Gasteiger partial charge in [0, 0.05) is 12.1 Å². The quantitative estimate of drug-likeness (QED) is 0.768. The fourth-order valence-electron chi connectivity index (χ4n) is 2.61. The van der Waals surface area contributed by atoms with E-state index in [2.05, 4.69) is 5.32 Å². The predicted octanol–water partition coefficient (Wildman–Crippen LogP) is 2.85. The number of amides is 1. The van der Waals surface area contributed by atoms with Crippen LogP contribution < -0.4 is 5.32 Å². The molecule has 0 unspecified atom stereocenters. The van der Waals surface area contributed by atoms with Gasteiger partial charge in [0.2, 0.25) is 15.9 Å². The van der Waals surface area contributed by atoms with Gasteiger partial charge in [0.15, 0.2) is 0 Å². The summed E-state index contributed by atoms with van der Waals surface area (Å²) < 4.78 is 38.9. The average molecular weight is 378 g/mol. The van der Waals surface area contributed by atoms with Crippen molar-refractivity contribution in [3.63, 3.8) is 0 Å². The predicted molar refractivity (Wildman–Crippen MR) is 99.3 cm³/mol. The van der Waals surface area contributed by atoms with Crippen LogP contribution in [0.4, 0.5) is 4.39 Å². The van der Waals surface area contributed by atoms with E-state index in [9.17, 15) is 17.6 Å². The fourth-order valence-corrected chi connectivity index (χ4v) is 3.34. The Bertz CT molecular complexity index is 841. The first kappa shape index (κ1) is 20.1. The zero-order chi connectivity index (χ0) is 19.2. The summed E-state index contributed by atoms with van der Waals surface area (Å²) in [7, 11) is -3.68. The lowest BCUT2D eigenvalue weighted by Gasteiger charge is -2.22. The highest BCUT2D eigenvalue weighted by Gasteiger charge is 2.23. The van der Waals surface area contributed by atoms with Gasteiger partial charge in [-0.15, -0.1) is 0 Å². The minimum atomic E-state index is -3.68. The van der Waals surface area contributed by atoms with Crippen molar-refractivity contribution in [2.24, 2.45) is 0 Å². The largest absolute Gasteiger partial charge is 0.348 e. The van der Waals surface area contributed by atoms with Crippen molar-refractivity contribution in [3.05, 3.63) is 71.5 Å². The number of carbonyl (C=O) groups excluding carboxylic acids is 1. The number of nitrogens with one attached hydrogen (secondary N) is 1. The van der Waals surface area contributed by atoms with Crippen molar-refractivity contribution in [1.29, 1.82) is 0 Å². The molecule has 1 atom stereocenters. The molecule has 0 saturated heterocycles.